The van der Waals surface area contributed by atoms with E-state index in [9.17, 15) is 0 Å². The number of imidazole rings is 1. The van der Waals surface area contributed by atoms with Crippen molar-refractivity contribution in [2.24, 2.45) is 0 Å². The first kappa shape index (κ1) is 14.6. The average molecular weight is 332 g/mol. The molecule has 3 aromatic heterocycles. The Bertz CT molecular complexity index is 917. The number of hydrogen-bond donors (Lipinski definition) is 1. The molecule has 0 amide bonds. The maximum Gasteiger partial charge on any atom is 0.163 e. The first-order valence-corrected chi connectivity index (χ1v) is 8.89. The van der Waals surface area contributed by atoms with Crippen molar-refractivity contribution in [2.45, 2.75) is 44.7 Å². The molecule has 2 unspecified atom stereocenters. The maximum atomic E-state index is 4.86. The molecule has 5 rings (SSSR count). The van der Waals surface area contributed by atoms with Crippen LogP contribution in [0, 0.1) is 0 Å². The maximum absolute atomic E-state index is 4.86. The van der Waals surface area contributed by atoms with Crippen LogP contribution in [0.4, 0.5) is 5.82 Å². The van der Waals surface area contributed by atoms with Gasteiger partial charge in [-0.2, -0.15) is 0 Å². The summed E-state index contributed by atoms with van der Waals surface area (Å²) in [6.07, 6.45) is 11.8. The fourth-order valence-electron chi connectivity index (χ4n) is 3.99. The van der Waals surface area contributed by atoms with Crippen molar-refractivity contribution < 1.29 is 0 Å². The molecule has 2 atom stereocenters. The lowest BCUT2D eigenvalue weighted by molar-refractivity contribution is 0.563. The number of hydrogen-bond acceptors (Lipinski definition) is 5. The zero-order chi connectivity index (χ0) is 16.8. The van der Waals surface area contributed by atoms with Gasteiger partial charge in [0.1, 0.15) is 11.6 Å². The Kier molecular flexibility index (Phi) is 3.29. The first-order valence-electron chi connectivity index (χ1n) is 8.89. The second kappa shape index (κ2) is 5.65. The van der Waals surface area contributed by atoms with Crippen molar-refractivity contribution in [2.75, 3.05) is 5.32 Å². The molecular weight excluding hydrogens is 312 g/mol. The van der Waals surface area contributed by atoms with Crippen LogP contribution in [-0.4, -0.2) is 24.5 Å². The van der Waals surface area contributed by atoms with Crippen LogP contribution in [0.3, 0.4) is 0 Å². The molecule has 25 heavy (non-hydrogen) atoms. The largest absolute Gasteiger partial charge is 0.360 e. The van der Waals surface area contributed by atoms with Crippen LogP contribution in [0.15, 0.2) is 36.9 Å². The highest BCUT2D eigenvalue weighted by Crippen LogP contribution is 2.37. The molecule has 0 fully saturated rings. The Morgan fingerprint density at radius 3 is 3.04 bits per heavy atom. The molecule has 1 N–H and O–H groups in total. The Balaban J connectivity index is 1.54. The van der Waals surface area contributed by atoms with E-state index in [-0.39, 0.29) is 6.04 Å². The molecule has 0 radical (unpaired) electrons. The molecular formula is C19H20N6. The van der Waals surface area contributed by atoms with Crippen molar-refractivity contribution in [3.8, 4) is 11.4 Å². The van der Waals surface area contributed by atoms with Crippen LogP contribution < -0.4 is 5.32 Å². The third-order valence-corrected chi connectivity index (χ3v) is 5.23. The fraction of sp³-hybridized carbons (Fsp3) is 0.368. The standard InChI is InChI=1S/C19H20N6/c1-12-10-16(19-21-8-9-25(12)19)23-18-14-5-2-6-15(14)22-17(24-18)13-4-3-7-20-11-13/h3-4,7-9,11-12,16H,2,5-6,10H2,1H3,(H,22,23,24). The summed E-state index contributed by atoms with van der Waals surface area (Å²) in [6, 6.07) is 4.60. The Labute approximate surface area is 146 Å². The smallest absolute Gasteiger partial charge is 0.163 e. The van der Waals surface area contributed by atoms with Gasteiger partial charge in [0, 0.05) is 47.7 Å². The second-order valence-electron chi connectivity index (χ2n) is 6.89. The molecule has 1 aliphatic heterocycles. The Morgan fingerprint density at radius 1 is 1.20 bits per heavy atom. The zero-order valence-electron chi connectivity index (χ0n) is 14.2. The van der Waals surface area contributed by atoms with E-state index in [0.29, 0.717) is 6.04 Å². The zero-order valence-corrected chi connectivity index (χ0v) is 14.2. The molecule has 6 heteroatoms. The van der Waals surface area contributed by atoms with E-state index in [1.807, 2.05) is 24.5 Å². The third kappa shape index (κ3) is 2.40. The summed E-state index contributed by atoms with van der Waals surface area (Å²) < 4.78 is 2.25. The van der Waals surface area contributed by atoms with Crippen molar-refractivity contribution in [1.82, 2.24) is 24.5 Å². The van der Waals surface area contributed by atoms with Crippen molar-refractivity contribution in [3.63, 3.8) is 0 Å². The predicted molar refractivity (Wildman–Crippen MR) is 95.2 cm³/mol. The summed E-state index contributed by atoms with van der Waals surface area (Å²) in [5, 5.41) is 3.67. The topological polar surface area (TPSA) is 68.5 Å². The van der Waals surface area contributed by atoms with Gasteiger partial charge in [0.2, 0.25) is 0 Å². The summed E-state index contributed by atoms with van der Waals surface area (Å²) in [7, 11) is 0. The lowest BCUT2D eigenvalue weighted by Gasteiger charge is -2.16. The number of aromatic nitrogens is 5. The van der Waals surface area contributed by atoms with E-state index in [1.54, 1.807) is 6.20 Å². The normalized spacial score (nSPS) is 21.2. The summed E-state index contributed by atoms with van der Waals surface area (Å²) in [5.41, 5.74) is 3.40. The van der Waals surface area contributed by atoms with Crippen LogP contribution in [0.1, 0.15) is 48.9 Å². The lowest BCUT2D eigenvalue weighted by atomic mass is 10.1. The van der Waals surface area contributed by atoms with Gasteiger partial charge in [-0.1, -0.05) is 0 Å². The minimum atomic E-state index is 0.200. The molecule has 0 saturated heterocycles. The highest BCUT2D eigenvalue weighted by molar-refractivity contribution is 5.60. The molecule has 3 aromatic rings. The van der Waals surface area contributed by atoms with Crippen molar-refractivity contribution >= 4 is 5.82 Å². The highest BCUT2D eigenvalue weighted by atomic mass is 15.2. The number of fused-ring (bicyclic) bond motifs is 2. The van der Waals surface area contributed by atoms with E-state index >= 15 is 0 Å². The monoisotopic (exact) mass is 332 g/mol. The van der Waals surface area contributed by atoms with E-state index in [2.05, 4.69) is 33.0 Å². The van der Waals surface area contributed by atoms with Gasteiger partial charge in [-0.05, 0) is 44.7 Å². The minimum absolute atomic E-state index is 0.200. The number of nitrogens with one attached hydrogen (secondary N) is 1. The van der Waals surface area contributed by atoms with Gasteiger partial charge in [-0.3, -0.25) is 4.98 Å². The first-order chi connectivity index (χ1) is 12.3. The van der Waals surface area contributed by atoms with Crippen LogP contribution in [0.2, 0.25) is 0 Å². The molecule has 2 aliphatic rings. The molecule has 4 heterocycles. The van der Waals surface area contributed by atoms with Gasteiger partial charge >= 0.3 is 0 Å². The van der Waals surface area contributed by atoms with E-state index < -0.39 is 0 Å². The fourth-order valence-corrected chi connectivity index (χ4v) is 3.99. The second-order valence-corrected chi connectivity index (χ2v) is 6.89. The van der Waals surface area contributed by atoms with Crippen molar-refractivity contribution in [1.29, 1.82) is 0 Å². The van der Waals surface area contributed by atoms with E-state index in [1.165, 1.54) is 11.3 Å². The van der Waals surface area contributed by atoms with Gasteiger partial charge < -0.3 is 9.88 Å². The van der Waals surface area contributed by atoms with Crippen molar-refractivity contribution in [3.05, 3.63) is 54.0 Å². The summed E-state index contributed by atoms with van der Waals surface area (Å²) in [6.45, 7) is 2.23. The Hall–Kier alpha value is -2.76. The number of aryl methyl sites for hydroxylation is 1. The number of rotatable bonds is 3. The van der Waals surface area contributed by atoms with E-state index in [0.717, 1.165) is 48.7 Å². The van der Waals surface area contributed by atoms with E-state index in [4.69, 9.17) is 9.97 Å². The van der Waals surface area contributed by atoms with Gasteiger partial charge in [-0.25, -0.2) is 15.0 Å². The third-order valence-electron chi connectivity index (χ3n) is 5.23. The van der Waals surface area contributed by atoms with Gasteiger partial charge in [-0.15, -0.1) is 0 Å². The lowest BCUT2D eigenvalue weighted by Crippen LogP contribution is -2.13. The minimum Gasteiger partial charge on any atom is -0.360 e. The molecule has 0 aromatic carbocycles. The van der Waals surface area contributed by atoms with Crippen LogP contribution in [-0.2, 0) is 12.8 Å². The molecule has 126 valence electrons. The molecule has 0 spiro atoms. The molecule has 0 bridgehead atoms. The number of anilines is 1. The number of pyridine rings is 1. The number of nitrogens with zero attached hydrogens (tertiary/aromatic N) is 5. The summed E-state index contributed by atoms with van der Waals surface area (Å²) >= 11 is 0. The van der Waals surface area contributed by atoms with Crippen LogP contribution in [0.25, 0.3) is 11.4 Å². The quantitative estimate of drug-likeness (QED) is 0.796. The van der Waals surface area contributed by atoms with Crippen LogP contribution in [0.5, 0.6) is 0 Å². The molecule has 0 saturated carbocycles. The highest BCUT2D eigenvalue weighted by Gasteiger charge is 2.31. The SMILES string of the molecule is CC1CC(Nc2nc(-c3cccnc3)nc3c2CCC3)c2nccn21. The van der Waals surface area contributed by atoms with Crippen LogP contribution >= 0.6 is 0 Å². The molecule has 6 nitrogen and oxygen atoms in total. The van der Waals surface area contributed by atoms with Gasteiger partial charge in [0.05, 0.1) is 6.04 Å². The summed E-state index contributed by atoms with van der Waals surface area (Å²) in [4.78, 5) is 18.4. The van der Waals surface area contributed by atoms with Gasteiger partial charge in [0.15, 0.2) is 5.82 Å². The predicted octanol–water partition coefficient (Wildman–Crippen LogP) is 3.34. The average Bonchev–Trinajstić information content (AvgIpc) is 3.35. The summed E-state index contributed by atoms with van der Waals surface area (Å²) in [5.74, 6) is 2.82. The molecule has 1 aliphatic carbocycles. The van der Waals surface area contributed by atoms with Gasteiger partial charge in [0.25, 0.3) is 0 Å². The Morgan fingerprint density at radius 2 is 2.16 bits per heavy atom.